The van der Waals surface area contributed by atoms with E-state index in [9.17, 15) is 13.2 Å². The number of aromatic amines is 1. The van der Waals surface area contributed by atoms with Gasteiger partial charge in [0, 0.05) is 37.8 Å². The third-order valence-corrected chi connectivity index (χ3v) is 4.47. The molecule has 1 unspecified atom stereocenters. The molecule has 1 saturated heterocycles. The van der Waals surface area contributed by atoms with Gasteiger partial charge >= 0.3 is 0 Å². The highest BCUT2D eigenvalue weighted by Gasteiger charge is 2.27. The highest BCUT2D eigenvalue weighted by Crippen LogP contribution is 2.25. The van der Waals surface area contributed by atoms with Crippen molar-refractivity contribution in [3.05, 3.63) is 22.1 Å². The lowest BCUT2D eigenvalue weighted by molar-refractivity contribution is 0.313. The van der Waals surface area contributed by atoms with Crippen LogP contribution >= 0.6 is 0 Å². The van der Waals surface area contributed by atoms with Crippen molar-refractivity contribution in [1.29, 1.82) is 0 Å². The van der Waals surface area contributed by atoms with Gasteiger partial charge in [-0.1, -0.05) is 0 Å². The highest BCUT2D eigenvalue weighted by molar-refractivity contribution is 7.88. The Morgan fingerprint density at radius 3 is 2.71 bits per heavy atom. The minimum atomic E-state index is -3.14. The van der Waals surface area contributed by atoms with Crippen LogP contribution in [-0.4, -0.2) is 41.8 Å². The Balaban J connectivity index is 2.20. The monoisotopic (exact) mass is 259 g/mol. The Kier molecular flexibility index (Phi) is 3.13. The zero-order valence-electron chi connectivity index (χ0n) is 10.0. The topological polar surface area (TPSA) is 75.2 Å². The van der Waals surface area contributed by atoms with E-state index in [1.807, 2.05) is 0 Å². The van der Waals surface area contributed by atoms with Crippen LogP contribution in [0.2, 0.25) is 0 Å². The minimum Gasteiger partial charge on any atom is -0.300 e. The van der Waals surface area contributed by atoms with Crippen LogP contribution in [0.5, 0.6) is 0 Å². The highest BCUT2D eigenvalue weighted by atomic mass is 32.2. The van der Waals surface area contributed by atoms with Crippen LogP contribution in [0.25, 0.3) is 0 Å². The van der Waals surface area contributed by atoms with E-state index < -0.39 is 10.0 Å². The molecule has 0 spiro atoms. The molecule has 0 saturated carbocycles. The average molecular weight is 259 g/mol. The van der Waals surface area contributed by atoms with Crippen molar-refractivity contribution in [3.8, 4) is 0 Å². The van der Waals surface area contributed by atoms with E-state index in [4.69, 9.17) is 0 Å². The van der Waals surface area contributed by atoms with Crippen molar-refractivity contribution < 1.29 is 8.42 Å². The van der Waals surface area contributed by atoms with Crippen LogP contribution in [0.4, 0.5) is 0 Å². The smallest absolute Gasteiger partial charge is 0.266 e. The van der Waals surface area contributed by atoms with Crippen molar-refractivity contribution in [2.24, 2.45) is 7.05 Å². The lowest BCUT2D eigenvalue weighted by Gasteiger charge is -2.30. The zero-order valence-corrected chi connectivity index (χ0v) is 10.8. The minimum absolute atomic E-state index is 0.0866. The normalized spacial score (nSPS) is 22.8. The molecule has 1 aromatic rings. The van der Waals surface area contributed by atoms with Crippen LogP contribution in [0, 0.1) is 0 Å². The van der Waals surface area contributed by atoms with Crippen LogP contribution < -0.4 is 5.56 Å². The van der Waals surface area contributed by atoms with Gasteiger partial charge in [0.25, 0.3) is 5.56 Å². The number of nitrogens with one attached hydrogen (secondary N) is 1. The Hall–Kier alpha value is -1.08. The maximum atomic E-state index is 11.5. The molecule has 1 aromatic heterocycles. The summed E-state index contributed by atoms with van der Waals surface area (Å²) in [6, 6.07) is 1.55. The van der Waals surface area contributed by atoms with Crippen molar-refractivity contribution >= 4 is 10.0 Å². The lowest BCUT2D eigenvalue weighted by Crippen LogP contribution is -2.38. The SMILES string of the molecule is Cn1[nH]c(C2CCCN(S(C)(=O)=O)C2)cc1=O. The molecular formula is C10H17N3O3S. The summed E-state index contributed by atoms with van der Waals surface area (Å²) < 4.78 is 25.9. The predicted molar refractivity (Wildman–Crippen MR) is 64.4 cm³/mol. The van der Waals surface area contributed by atoms with E-state index in [0.717, 1.165) is 18.5 Å². The summed E-state index contributed by atoms with van der Waals surface area (Å²) in [4.78, 5) is 11.4. The standard InChI is InChI=1S/C10H17N3O3S/c1-12-10(14)6-9(11-12)8-4-3-5-13(7-8)17(2,15)16/h6,8,11H,3-5,7H2,1-2H3. The second kappa shape index (κ2) is 4.30. The first-order valence-electron chi connectivity index (χ1n) is 5.59. The molecule has 0 radical (unpaired) electrons. The number of aryl methyl sites for hydroxylation is 1. The first-order chi connectivity index (χ1) is 7.88. The summed E-state index contributed by atoms with van der Waals surface area (Å²) >= 11 is 0. The molecule has 7 heteroatoms. The Morgan fingerprint density at radius 1 is 1.47 bits per heavy atom. The summed E-state index contributed by atoms with van der Waals surface area (Å²) in [6.07, 6.45) is 2.96. The number of aromatic nitrogens is 2. The first kappa shape index (κ1) is 12.4. The van der Waals surface area contributed by atoms with E-state index in [-0.39, 0.29) is 11.5 Å². The number of hydrogen-bond donors (Lipinski definition) is 1. The fourth-order valence-corrected chi connectivity index (χ4v) is 3.13. The van der Waals surface area contributed by atoms with Crippen molar-refractivity contribution in [2.75, 3.05) is 19.3 Å². The molecule has 6 nitrogen and oxygen atoms in total. The van der Waals surface area contributed by atoms with Gasteiger partial charge < -0.3 is 0 Å². The van der Waals surface area contributed by atoms with Crippen LogP contribution in [0.3, 0.4) is 0 Å². The number of nitrogens with zero attached hydrogens (tertiary/aromatic N) is 2. The average Bonchev–Trinajstić information content (AvgIpc) is 2.58. The lowest BCUT2D eigenvalue weighted by atomic mass is 9.96. The summed E-state index contributed by atoms with van der Waals surface area (Å²) in [5, 5.41) is 2.97. The Labute approximate surface area is 100 Å². The molecule has 1 aliphatic heterocycles. The van der Waals surface area contributed by atoms with Gasteiger partial charge in [-0.2, -0.15) is 0 Å². The van der Waals surface area contributed by atoms with Crippen molar-refractivity contribution in [1.82, 2.24) is 14.1 Å². The summed E-state index contributed by atoms with van der Waals surface area (Å²) in [6.45, 7) is 1.03. The fourth-order valence-electron chi connectivity index (χ4n) is 2.22. The second-order valence-corrected chi connectivity index (χ2v) is 6.55. The molecule has 1 fully saturated rings. The van der Waals surface area contributed by atoms with E-state index in [0.29, 0.717) is 13.1 Å². The number of rotatable bonds is 2. The van der Waals surface area contributed by atoms with Gasteiger partial charge in [0.05, 0.1) is 6.26 Å². The van der Waals surface area contributed by atoms with Crippen LogP contribution in [0.15, 0.2) is 10.9 Å². The van der Waals surface area contributed by atoms with Crippen LogP contribution in [0.1, 0.15) is 24.5 Å². The maximum Gasteiger partial charge on any atom is 0.266 e. The van der Waals surface area contributed by atoms with E-state index in [1.165, 1.54) is 15.2 Å². The van der Waals surface area contributed by atoms with Gasteiger partial charge in [-0.3, -0.25) is 14.6 Å². The molecular weight excluding hydrogens is 242 g/mol. The maximum absolute atomic E-state index is 11.5. The van der Waals surface area contributed by atoms with E-state index in [2.05, 4.69) is 5.10 Å². The third-order valence-electron chi connectivity index (χ3n) is 3.20. The molecule has 0 amide bonds. The second-order valence-electron chi connectivity index (χ2n) is 4.57. The number of piperidine rings is 1. The molecule has 0 bridgehead atoms. The molecule has 1 atom stereocenters. The molecule has 1 aliphatic rings. The molecule has 1 N–H and O–H groups in total. The van der Waals surface area contributed by atoms with E-state index >= 15 is 0 Å². The molecule has 2 heterocycles. The third kappa shape index (κ3) is 2.61. The summed E-state index contributed by atoms with van der Waals surface area (Å²) in [5.74, 6) is 0.0902. The molecule has 17 heavy (non-hydrogen) atoms. The Morgan fingerprint density at radius 2 is 2.18 bits per heavy atom. The van der Waals surface area contributed by atoms with Gasteiger partial charge in [0.1, 0.15) is 0 Å². The van der Waals surface area contributed by atoms with Gasteiger partial charge in [-0.25, -0.2) is 12.7 Å². The largest absolute Gasteiger partial charge is 0.300 e. The van der Waals surface area contributed by atoms with Gasteiger partial charge in [-0.15, -0.1) is 0 Å². The summed E-state index contributed by atoms with van der Waals surface area (Å²) in [5.41, 5.74) is 0.738. The Bertz CT molecular complexity index is 558. The fraction of sp³-hybridized carbons (Fsp3) is 0.700. The predicted octanol–water partition coefficient (Wildman–Crippen LogP) is -0.148. The van der Waals surface area contributed by atoms with Gasteiger partial charge in [0.2, 0.25) is 10.0 Å². The number of sulfonamides is 1. The van der Waals surface area contributed by atoms with Crippen molar-refractivity contribution in [3.63, 3.8) is 0 Å². The first-order valence-corrected chi connectivity index (χ1v) is 7.44. The van der Waals surface area contributed by atoms with Crippen molar-refractivity contribution in [2.45, 2.75) is 18.8 Å². The number of H-pyrrole nitrogens is 1. The van der Waals surface area contributed by atoms with Gasteiger partial charge in [0.15, 0.2) is 0 Å². The quantitative estimate of drug-likeness (QED) is 0.802. The zero-order chi connectivity index (χ0) is 12.6. The number of hydrogen-bond acceptors (Lipinski definition) is 3. The summed E-state index contributed by atoms with van der Waals surface area (Å²) in [7, 11) is -1.48. The molecule has 0 aliphatic carbocycles. The van der Waals surface area contributed by atoms with Crippen LogP contribution in [-0.2, 0) is 17.1 Å². The molecule has 96 valence electrons. The van der Waals surface area contributed by atoms with Gasteiger partial charge in [-0.05, 0) is 12.8 Å². The van der Waals surface area contributed by atoms with E-state index in [1.54, 1.807) is 13.1 Å². The molecule has 0 aromatic carbocycles. The molecule has 2 rings (SSSR count).